The van der Waals surface area contributed by atoms with Crippen molar-refractivity contribution in [2.45, 2.75) is 0 Å². The number of anilines is 1. The molecule has 0 bridgehead atoms. The monoisotopic (exact) mass is 444 g/mol. The van der Waals surface area contributed by atoms with Crippen LogP contribution in [0.5, 0.6) is 11.5 Å². The summed E-state index contributed by atoms with van der Waals surface area (Å²) in [6.07, 6.45) is 2.70. The van der Waals surface area contributed by atoms with Crippen molar-refractivity contribution in [1.29, 1.82) is 0 Å². The summed E-state index contributed by atoms with van der Waals surface area (Å²) in [5.74, 6) is -1.36. The predicted molar refractivity (Wildman–Crippen MR) is 109 cm³/mol. The summed E-state index contributed by atoms with van der Waals surface area (Å²) in [6, 6.07) is 8.19. The summed E-state index contributed by atoms with van der Waals surface area (Å²) < 4.78 is 42.5. The van der Waals surface area contributed by atoms with Gasteiger partial charge in [-0.3, -0.25) is 10.1 Å². The fourth-order valence-corrected chi connectivity index (χ4v) is 3.40. The number of amides is 1. The molecule has 1 aliphatic heterocycles. The number of fused-ring (bicyclic) bond motifs is 1. The third kappa shape index (κ3) is 5.04. The highest BCUT2D eigenvalue weighted by atomic mass is 32.1. The fourth-order valence-electron chi connectivity index (χ4n) is 2.67. The van der Waals surface area contributed by atoms with E-state index in [4.69, 9.17) is 14.2 Å². The zero-order valence-corrected chi connectivity index (χ0v) is 16.6. The van der Waals surface area contributed by atoms with Crippen LogP contribution in [0.2, 0.25) is 0 Å². The summed E-state index contributed by atoms with van der Waals surface area (Å²) in [7, 11) is 0. The number of benzene rings is 2. The van der Waals surface area contributed by atoms with Crippen LogP contribution in [-0.2, 0) is 14.3 Å². The van der Waals surface area contributed by atoms with Crippen molar-refractivity contribution < 1.29 is 32.6 Å². The van der Waals surface area contributed by atoms with Gasteiger partial charge in [0.05, 0.1) is 5.69 Å². The molecule has 10 heteroatoms. The molecule has 4 rings (SSSR count). The second-order valence-corrected chi connectivity index (χ2v) is 7.12. The minimum atomic E-state index is -0.713. The third-order valence-corrected chi connectivity index (χ3v) is 4.87. The van der Waals surface area contributed by atoms with E-state index >= 15 is 0 Å². The van der Waals surface area contributed by atoms with Crippen LogP contribution in [0.15, 0.2) is 47.9 Å². The predicted octanol–water partition coefficient (Wildman–Crippen LogP) is 4.01. The Bertz CT molecular complexity index is 1180. The first kappa shape index (κ1) is 20.5. The molecule has 0 aliphatic carbocycles. The number of aromatic nitrogens is 1. The highest BCUT2D eigenvalue weighted by molar-refractivity contribution is 7.14. The van der Waals surface area contributed by atoms with Gasteiger partial charge in [-0.15, -0.1) is 11.3 Å². The largest absolute Gasteiger partial charge is 0.454 e. The van der Waals surface area contributed by atoms with E-state index in [1.807, 2.05) is 0 Å². The van der Waals surface area contributed by atoms with E-state index in [9.17, 15) is 18.4 Å². The molecule has 3 aromatic rings. The molecular formula is C21H14F2N2O5S. The van der Waals surface area contributed by atoms with Gasteiger partial charge in [-0.05, 0) is 42.0 Å². The number of hydrogen-bond acceptors (Lipinski definition) is 7. The molecule has 0 unspecified atom stereocenters. The average Bonchev–Trinajstić information content (AvgIpc) is 3.41. The van der Waals surface area contributed by atoms with Crippen molar-refractivity contribution in [3.63, 3.8) is 0 Å². The maximum atomic E-state index is 13.8. The van der Waals surface area contributed by atoms with Crippen molar-refractivity contribution in [1.82, 2.24) is 4.98 Å². The standard InChI is InChI=1S/C21H14F2N2O5S/c22-13-3-4-15(23)14(8-13)16-10-31-21(24-16)25-19(26)9-28-20(27)6-2-12-1-5-17-18(7-12)30-11-29-17/h1-8,10H,9,11H2,(H,24,25,26)/b6-2+. The van der Waals surface area contributed by atoms with E-state index in [1.54, 1.807) is 18.2 Å². The Balaban J connectivity index is 1.29. The van der Waals surface area contributed by atoms with Gasteiger partial charge >= 0.3 is 5.97 Å². The first-order chi connectivity index (χ1) is 15.0. The van der Waals surface area contributed by atoms with Crippen molar-refractivity contribution in [2.75, 3.05) is 18.7 Å². The van der Waals surface area contributed by atoms with Gasteiger partial charge in [-0.2, -0.15) is 0 Å². The lowest BCUT2D eigenvalue weighted by Gasteiger charge is -2.03. The van der Waals surface area contributed by atoms with Crippen LogP contribution in [0.25, 0.3) is 17.3 Å². The highest BCUT2D eigenvalue weighted by Gasteiger charge is 2.14. The summed E-state index contributed by atoms with van der Waals surface area (Å²) in [5.41, 5.74) is 0.864. The van der Waals surface area contributed by atoms with Gasteiger partial charge in [0.15, 0.2) is 23.2 Å². The van der Waals surface area contributed by atoms with Crippen LogP contribution in [0.3, 0.4) is 0 Å². The Morgan fingerprint density at radius 2 is 2.00 bits per heavy atom. The lowest BCUT2D eigenvalue weighted by molar-refractivity contribution is -0.142. The van der Waals surface area contributed by atoms with Crippen molar-refractivity contribution in [3.05, 3.63) is 65.1 Å². The first-order valence-corrected chi connectivity index (χ1v) is 9.81. The average molecular weight is 444 g/mol. The molecule has 0 saturated heterocycles. The quantitative estimate of drug-likeness (QED) is 0.457. The Morgan fingerprint density at radius 3 is 2.87 bits per heavy atom. The highest BCUT2D eigenvalue weighted by Crippen LogP contribution is 2.32. The van der Waals surface area contributed by atoms with E-state index in [2.05, 4.69) is 10.3 Å². The number of carbonyl (C=O) groups excluding carboxylic acids is 2. The number of nitrogens with zero attached hydrogens (tertiary/aromatic N) is 1. The molecule has 2 heterocycles. The maximum Gasteiger partial charge on any atom is 0.331 e. The molecule has 2 aromatic carbocycles. The number of ether oxygens (including phenoxy) is 3. The van der Waals surface area contributed by atoms with Crippen LogP contribution in [0.4, 0.5) is 13.9 Å². The van der Waals surface area contributed by atoms with Gasteiger partial charge in [-0.25, -0.2) is 18.6 Å². The molecule has 158 valence electrons. The SMILES string of the molecule is O=C(COC(=O)/C=C/c1ccc2c(c1)OCO2)Nc1nc(-c2cc(F)ccc2F)cs1. The maximum absolute atomic E-state index is 13.8. The first-order valence-electron chi connectivity index (χ1n) is 8.93. The van der Waals surface area contributed by atoms with E-state index in [0.717, 1.165) is 29.5 Å². The van der Waals surface area contributed by atoms with Crippen molar-refractivity contribution >= 4 is 34.4 Å². The minimum absolute atomic E-state index is 0.0168. The Labute approximate surface area is 178 Å². The smallest absolute Gasteiger partial charge is 0.331 e. The summed E-state index contributed by atoms with van der Waals surface area (Å²) in [4.78, 5) is 27.9. The molecule has 31 heavy (non-hydrogen) atoms. The van der Waals surface area contributed by atoms with Gasteiger partial charge in [0.1, 0.15) is 11.6 Å². The molecule has 0 atom stereocenters. The second-order valence-electron chi connectivity index (χ2n) is 6.26. The van der Waals surface area contributed by atoms with Crippen LogP contribution in [0, 0.1) is 11.6 Å². The zero-order chi connectivity index (χ0) is 21.8. The van der Waals surface area contributed by atoms with Gasteiger partial charge < -0.3 is 14.2 Å². The fraction of sp³-hybridized carbons (Fsp3) is 0.0952. The lowest BCUT2D eigenvalue weighted by Crippen LogP contribution is -2.20. The minimum Gasteiger partial charge on any atom is -0.454 e. The van der Waals surface area contributed by atoms with E-state index in [-0.39, 0.29) is 23.2 Å². The number of thiazole rings is 1. The van der Waals surface area contributed by atoms with E-state index in [0.29, 0.717) is 17.1 Å². The molecule has 0 radical (unpaired) electrons. The van der Waals surface area contributed by atoms with Gasteiger partial charge in [0.2, 0.25) is 6.79 Å². The molecule has 1 aromatic heterocycles. The van der Waals surface area contributed by atoms with E-state index < -0.39 is 30.1 Å². The summed E-state index contributed by atoms with van der Waals surface area (Å²) >= 11 is 1.03. The topological polar surface area (TPSA) is 86.8 Å². The van der Waals surface area contributed by atoms with Crippen LogP contribution in [-0.4, -0.2) is 30.3 Å². The van der Waals surface area contributed by atoms with Crippen molar-refractivity contribution in [3.8, 4) is 22.8 Å². The third-order valence-electron chi connectivity index (χ3n) is 4.11. The molecule has 0 saturated carbocycles. The van der Waals surface area contributed by atoms with E-state index in [1.165, 1.54) is 17.5 Å². The summed E-state index contributed by atoms with van der Waals surface area (Å²) in [5, 5.41) is 4.09. The number of hydrogen-bond donors (Lipinski definition) is 1. The Kier molecular flexibility index (Phi) is 5.89. The number of nitrogens with one attached hydrogen (secondary N) is 1. The number of rotatable bonds is 6. The van der Waals surface area contributed by atoms with Crippen LogP contribution >= 0.6 is 11.3 Å². The summed E-state index contributed by atoms with van der Waals surface area (Å²) in [6.45, 7) is -0.384. The number of esters is 1. The molecule has 1 N–H and O–H groups in total. The molecule has 1 amide bonds. The zero-order valence-electron chi connectivity index (χ0n) is 15.8. The lowest BCUT2D eigenvalue weighted by atomic mass is 10.1. The van der Waals surface area contributed by atoms with Gasteiger partial charge in [0, 0.05) is 17.0 Å². The molecule has 1 aliphatic rings. The van der Waals surface area contributed by atoms with Crippen LogP contribution < -0.4 is 14.8 Å². The number of halogens is 2. The van der Waals surface area contributed by atoms with Gasteiger partial charge in [-0.1, -0.05) is 6.07 Å². The van der Waals surface area contributed by atoms with Gasteiger partial charge in [0.25, 0.3) is 5.91 Å². The normalized spacial score (nSPS) is 12.2. The van der Waals surface area contributed by atoms with Crippen molar-refractivity contribution in [2.24, 2.45) is 0 Å². The molecule has 0 fully saturated rings. The Hall–Kier alpha value is -3.79. The Morgan fingerprint density at radius 1 is 1.16 bits per heavy atom. The molecule has 7 nitrogen and oxygen atoms in total. The molecular weight excluding hydrogens is 430 g/mol. The number of carbonyl (C=O) groups is 2. The van der Waals surface area contributed by atoms with Crippen LogP contribution in [0.1, 0.15) is 5.56 Å². The second kappa shape index (κ2) is 8.92. The molecule has 0 spiro atoms.